The van der Waals surface area contributed by atoms with Crippen LogP contribution in [0.15, 0.2) is 0 Å². The molecule has 94 valence electrons. The van der Waals surface area contributed by atoms with Crippen molar-refractivity contribution in [2.45, 2.75) is 25.5 Å². The van der Waals surface area contributed by atoms with Gasteiger partial charge in [-0.15, -0.1) is 0 Å². The molecular formula is C11H23N3OS. The number of rotatable bonds is 5. The maximum atomic E-state index is 9.71. The lowest BCUT2D eigenvalue weighted by Crippen LogP contribution is -2.41. The Morgan fingerprint density at radius 3 is 2.75 bits per heavy atom. The minimum atomic E-state index is -0.205. The van der Waals surface area contributed by atoms with E-state index in [9.17, 15) is 5.11 Å². The summed E-state index contributed by atoms with van der Waals surface area (Å²) in [6.45, 7) is 4.61. The lowest BCUT2D eigenvalue weighted by Gasteiger charge is -2.28. The minimum Gasteiger partial charge on any atom is -0.393 e. The second-order valence-electron chi connectivity index (χ2n) is 5.06. The number of thiocarbonyl (C=S) groups is 1. The molecule has 0 saturated carbocycles. The molecule has 0 aliphatic carbocycles. The Morgan fingerprint density at radius 2 is 2.25 bits per heavy atom. The Balaban J connectivity index is 2.52. The predicted octanol–water partition coefficient (Wildman–Crippen LogP) is -0.0946. The number of hydrogen-bond acceptors (Lipinski definition) is 4. The van der Waals surface area contributed by atoms with Crippen LogP contribution in [0.1, 0.15) is 13.3 Å². The quantitative estimate of drug-likeness (QED) is 0.663. The van der Waals surface area contributed by atoms with E-state index in [0.717, 1.165) is 26.1 Å². The van der Waals surface area contributed by atoms with Crippen molar-refractivity contribution in [1.82, 2.24) is 9.80 Å². The van der Waals surface area contributed by atoms with Gasteiger partial charge in [-0.25, -0.2) is 0 Å². The second kappa shape index (κ2) is 5.91. The Labute approximate surface area is 103 Å². The lowest BCUT2D eigenvalue weighted by atomic mass is 10.1. The van der Waals surface area contributed by atoms with Crippen LogP contribution in [0.4, 0.5) is 0 Å². The van der Waals surface area contributed by atoms with Crippen molar-refractivity contribution in [3.8, 4) is 0 Å². The highest BCUT2D eigenvalue weighted by atomic mass is 32.1. The summed E-state index contributed by atoms with van der Waals surface area (Å²) in [5.41, 5.74) is 5.63. The summed E-state index contributed by atoms with van der Waals surface area (Å²) in [5.74, 6) is 0.213. The molecule has 0 amide bonds. The molecule has 1 aliphatic heterocycles. The molecule has 0 aromatic heterocycles. The highest BCUT2D eigenvalue weighted by molar-refractivity contribution is 7.80. The van der Waals surface area contributed by atoms with Crippen molar-refractivity contribution in [3.63, 3.8) is 0 Å². The molecule has 1 aliphatic rings. The zero-order valence-corrected chi connectivity index (χ0v) is 11.2. The molecule has 3 unspecified atom stereocenters. The molecule has 1 fully saturated rings. The van der Waals surface area contributed by atoms with Crippen molar-refractivity contribution >= 4 is 17.2 Å². The number of likely N-dealkylation sites (N-methyl/N-ethyl adjacent to an activating group) is 1. The van der Waals surface area contributed by atoms with Gasteiger partial charge >= 0.3 is 0 Å². The average molecular weight is 245 g/mol. The Kier molecular flexibility index (Phi) is 5.11. The third kappa shape index (κ3) is 3.97. The molecule has 0 bridgehead atoms. The Bertz CT molecular complexity index is 247. The molecule has 1 heterocycles. The molecule has 4 nitrogen and oxygen atoms in total. The lowest BCUT2D eigenvalue weighted by molar-refractivity contribution is 0.169. The van der Waals surface area contributed by atoms with E-state index >= 15 is 0 Å². The van der Waals surface area contributed by atoms with E-state index in [0.29, 0.717) is 11.0 Å². The first-order valence-electron chi connectivity index (χ1n) is 5.76. The Morgan fingerprint density at radius 1 is 1.62 bits per heavy atom. The summed E-state index contributed by atoms with van der Waals surface area (Å²) in [5, 5.41) is 9.71. The van der Waals surface area contributed by atoms with Gasteiger partial charge in [0.05, 0.1) is 11.1 Å². The van der Waals surface area contributed by atoms with Crippen molar-refractivity contribution in [2.24, 2.45) is 11.7 Å². The van der Waals surface area contributed by atoms with Gasteiger partial charge in [0.15, 0.2) is 0 Å². The number of likely N-dealkylation sites (tertiary alicyclic amines) is 1. The van der Waals surface area contributed by atoms with E-state index < -0.39 is 0 Å². The zero-order valence-electron chi connectivity index (χ0n) is 10.4. The first kappa shape index (κ1) is 13.8. The highest BCUT2D eigenvalue weighted by Gasteiger charge is 2.31. The SMILES string of the molecule is CC(CN1CC(O)CC1CN(C)C)C(N)=S. The fourth-order valence-electron chi connectivity index (χ4n) is 2.23. The van der Waals surface area contributed by atoms with Gasteiger partial charge in [-0.3, -0.25) is 4.90 Å². The molecule has 0 radical (unpaired) electrons. The van der Waals surface area contributed by atoms with Crippen molar-refractivity contribution in [2.75, 3.05) is 33.7 Å². The molecule has 3 N–H and O–H groups in total. The zero-order chi connectivity index (χ0) is 12.3. The van der Waals surface area contributed by atoms with E-state index in [1.165, 1.54) is 0 Å². The van der Waals surface area contributed by atoms with Gasteiger partial charge in [0.1, 0.15) is 0 Å². The number of aliphatic hydroxyl groups excluding tert-OH is 1. The third-order valence-electron chi connectivity index (χ3n) is 3.08. The maximum Gasteiger partial charge on any atom is 0.0768 e. The van der Waals surface area contributed by atoms with Crippen molar-refractivity contribution < 1.29 is 5.11 Å². The Hall–Kier alpha value is -0.230. The smallest absolute Gasteiger partial charge is 0.0768 e. The van der Waals surface area contributed by atoms with Gasteiger partial charge in [-0.05, 0) is 20.5 Å². The van der Waals surface area contributed by atoms with Gasteiger partial charge in [0.25, 0.3) is 0 Å². The maximum absolute atomic E-state index is 9.71. The molecule has 16 heavy (non-hydrogen) atoms. The number of nitrogens with zero attached hydrogens (tertiary/aromatic N) is 2. The number of aliphatic hydroxyl groups is 1. The van der Waals surface area contributed by atoms with Crippen molar-refractivity contribution in [3.05, 3.63) is 0 Å². The monoisotopic (exact) mass is 245 g/mol. The van der Waals surface area contributed by atoms with E-state index in [2.05, 4.69) is 23.9 Å². The molecular weight excluding hydrogens is 222 g/mol. The van der Waals surface area contributed by atoms with Crippen LogP contribution < -0.4 is 5.73 Å². The van der Waals surface area contributed by atoms with Crippen LogP contribution in [0, 0.1) is 5.92 Å². The van der Waals surface area contributed by atoms with Crippen molar-refractivity contribution in [1.29, 1.82) is 0 Å². The van der Waals surface area contributed by atoms with Gasteiger partial charge in [-0.1, -0.05) is 19.1 Å². The summed E-state index contributed by atoms with van der Waals surface area (Å²) >= 11 is 4.99. The normalized spacial score (nSPS) is 28.6. The minimum absolute atomic E-state index is 0.205. The first-order chi connectivity index (χ1) is 7.40. The molecule has 0 aromatic carbocycles. The summed E-state index contributed by atoms with van der Waals surface area (Å²) in [6.07, 6.45) is 0.644. The van der Waals surface area contributed by atoms with E-state index in [1.54, 1.807) is 0 Å². The standard InChI is InChI=1S/C11H23N3OS/c1-8(11(12)16)5-14-7-10(15)4-9(14)6-13(2)3/h8-10,15H,4-7H2,1-3H3,(H2,12,16). The third-order valence-corrected chi connectivity index (χ3v) is 3.48. The van der Waals surface area contributed by atoms with Gasteiger partial charge in [0, 0.05) is 31.6 Å². The summed E-state index contributed by atoms with van der Waals surface area (Å²) in [4.78, 5) is 5.01. The summed E-state index contributed by atoms with van der Waals surface area (Å²) < 4.78 is 0. The topological polar surface area (TPSA) is 52.7 Å². The van der Waals surface area contributed by atoms with E-state index in [4.69, 9.17) is 18.0 Å². The molecule has 0 aromatic rings. The fraction of sp³-hybridized carbons (Fsp3) is 0.909. The first-order valence-corrected chi connectivity index (χ1v) is 6.17. The number of nitrogens with two attached hydrogens (primary N) is 1. The molecule has 1 rings (SSSR count). The van der Waals surface area contributed by atoms with Crippen LogP contribution in [0.5, 0.6) is 0 Å². The largest absolute Gasteiger partial charge is 0.393 e. The summed E-state index contributed by atoms with van der Waals surface area (Å²) in [6, 6.07) is 0.418. The van der Waals surface area contributed by atoms with Crippen LogP contribution in [-0.4, -0.2) is 65.8 Å². The van der Waals surface area contributed by atoms with Crippen LogP contribution in [0.2, 0.25) is 0 Å². The van der Waals surface area contributed by atoms with E-state index in [-0.39, 0.29) is 12.0 Å². The van der Waals surface area contributed by atoms with Crippen LogP contribution >= 0.6 is 12.2 Å². The van der Waals surface area contributed by atoms with Gasteiger partial charge in [0.2, 0.25) is 0 Å². The summed E-state index contributed by atoms with van der Waals surface area (Å²) in [7, 11) is 4.11. The van der Waals surface area contributed by atoms with Crippen LogP contribution in [0.3, 0.4) is 0 Å². The number of β-amino-alcohol motifs (C(OH)–C–C–N with tert-alkyl or cyclic N) is 1. The molecule has 0 spiro atoms. The number of hydrogen-bond donors (Lipinski definition) is 2. The fourth-order valence-corrected chi connectivity index (χ4v) is 2.31. The van der Waals surface area contributed by atoms with Crippen LogP contribution in [-0.2, 0) is 0 Å². The molecule has 1 saturated heterocycles. The van der Waals surface area contributed by atoms with E-state index in [1.807, 2.05) is 6.92 Å². The van der Waals surface area contributed by atoms with Gasteiger partial charge in [-0.2, -0.15) is 0 Å². The average Bonchev–Trinajstić information content (AvgIpc) is 2.45. The molecule has 5 heteroatoms. The van der Waals surface area contributed by atoms with Gasteiger partial charge < -0.3 is 15.7 Å². The van der Waals surface area contributed by atoms with Crippen LogP contribution in [0.25, 0.3) is 0 Å². The predicted molar refractivity (Wildman–Crippen MR) is 70.5 cm³/mol. The second-order valence-corrected chi connectivity index (χ2v) is 5.53. The molecule has 3 atom stereocenters. The highest BCUT2D eigenvalue weighted by Crippen LogP contribution is 2.19.